The highest BCUT2D eigenvalue weighted by atomic mass is 16.2. The normalized spacial score (nSPS) is 10.1. The zero-order chi connectivity index (χ0) is 14.0. The first kappa shape index (κ1) is 14.2. The molecule has 1 aromatic rings. The van der Waals surface area contributed by atoms with Crippen molar-refractivity contribution in [3.63, 3.8) is 0 Å². The summed E-state index contributed by atoms with van der Waals surface area (Å²) in [5, 5.41) is 0. The van der Waals surface area contributed by atoms with Gasteiger partial charge in [-0.3, -0.25) is 9.59 Å². The van der Waals surface area contributed by atoms with Crippen molar-refractivity contribution in [1.29, 1.82) is 0 Å². The van der Waals surface area contributed by atoms with E-state index in [-0.39, 0.29) is 11.8 Å². The lowest BCUT2D eigenvalue weighted by atomic mass is 9.96. The average molecular weight is 248 g/mol. The summed E-state index contributed by atoms with van der Waals surface area (Å²) in [6.07, 6.45) is 0. The zero-order valence-electron chi connectivity index (χ0n) is 11.9. The fourth-order valence-electron chi connectivity index (χ4n) is 1.87. The van der Waals surface area contributed by atoms with Crippen LogP contribution in [0.25, 0.3) is 0 Å². The summed E-state index contributed by atoms with van der Waals surface area (Å²) in [6, 6.07) is 3.60. The van der Waals surface area contributed by atoms with Crippen LogP contribution in [0.5, 0.6) is 0 Å². The minimum absolute atomic E-state index is 0.0709. The SMILES string of the molecule is Cc1ccc(C(=O)N(C)C)c(C)c1C(=O)N(C)C. The van der Waals surface area contributed by atoms with Crippen molar-refractivity contribution >= 4 is 11.8 Å². The van der Waals surface area contributed by atoms with Crippen molar-refractivity contribution in [2.45, 2.75) is 13.8 Å². The number of hydrogen-bond donors (Lipinski definition) is 0. The predicted molar refractivity (Wildman–Crippen MR) is 72.0 cm³/mol. The van der Waals surface area contributed by atoms with E-state index >= 15 is 0 Å². The molecule has 1 aromatic carbocycles. The second kappa shape index (κ2) is 5.21. The number of hydrogen-bond acceptors (Lipinski definition) is 2. The second-order valence-corrected chi connectivity index (χ2v) is 4.83. The molecule has 0 unspecified atom stereocenters. The highest BCUT2D eigenvalue weighted by Gasteiger charge is 2.20. The highest BCUT2D eigenvalue weighted by Crippen LogP contribution is 2.20. The Kier molecular flexibility index (Phi) is 4.11. The third kappa shape index (κ3) is 2.53. The summed E-state index contributed by atoms with van der Waals surface area (Å²) in [5.41, 5.74) is 2.83. The third-order valence-corrected chi connectivity index (χ3v) is 2.93. The van der Waals surface area contributed by atoms with Crippen LogP contribution in [0.2, 0.25) is 0 Å². The van der Waals surface area contributed by atoms with E-state index in [1.165, 1.54) is 9.80 Å². The molecule has 0 fully saturated rings. The van der Waals surface area contributed by atoms with Crippen LogP contribution in [-0.2, 0) is 0 Å². The van der Waals surface area contributed by atoms with E-state index in [4.69, 9.17) is 0 Å². The summed E-state index contributed by atoms with van der Waals surface area (Å²) in [4.78, 5) is 27.2. The monoisotopic (exact) mass is 248 g/mol. The third-order valence-electron chi connectivity index (χ3n) is 2.93. The fourth-order valence-corrected chi connectivity index (χ4v) is 1.87. The lowest BCUT2D eigenvalue weighted by Gasteiger charge is -2.18. The molecule has 0 aliphatic rings. The number of amides is 2. The van der Waals surface area contributed by atoms with E-state index in [1.807, 2.05) is 19.9 Å². The Labute approximate surface area is 108 Å². The van der Waals surface area contributed by atoms with Gasteiger partial charge in [0.2, 0.25) is 0 Å². The Hall–Kier alpha value is -1.84. The van der Waals surface area contributed by atoms with Gasteiger partial charge in [-0.2, -0.15) is 0 Å². The molecular weight excluding hydrogens is 228 g/mol. The van der Waals surface area contributed by atoms with Gasteiger partial charge in [-0.25, -0.2) is 0 Å². The van der Waals surface area contributed by atoms with Crippen molar-refractivity contribution in [3.05, 3.63) is 34.4 Å². The van der Waals surface area contributed by atoms with Crippen LogP contribution in [0, 0.1) is 13.8 Å². The minimum Gasteiger partial charge on any atom is -0.345 e. The summed E-state index contributed by atoms with van der Waals surface area (Å²) < 4.78 is 0. The van der Waals surface area contributed by atoms with Gasteiger partial charge in [0.1, 0.15) is 0 Å². The molecule has 0 aromatic heterocycles. The van der Waals surface area contributed by atoms with Gasteiger partial charge in [0.05, 0.1) is 0 Å². The van der Waals surface area contributed by atoms with Crippen LogP contribution in [0.4, 0.5) is 0 Å². The predicted octanol–water partition coefficient (Wildman–Crippen LogP) is 1.71. The van der Waals surface area contributed by atoms with Crippen molar-refractivity contribution in [1.82, 2.24) is 9.80 Å². The van der Waals surface area contributed by atoms with Crippen molar-refractivity contribution in [2.75, 3.05) is 28.2 Å². The Morgan fingerprint density at radius 3 is 1.83 bits per heavy atom. The Morgan fingerprint density at radius 1 is 0.889 bits per heavy atom. The van der Waals surface area contributed by atoms with Gasteiger partial charge < -0.3 is 9.80 Å². The number of aryl methyl sites for hydroxylation is 1. The first-order valence-corrected chi connectivity index (χ1v) is 5.80. The lowest BCUT2D eigenvalue weighted by molar-refractivity contribution is 0.0824. The summed E-state index contributed by atoms with van der Waals surface area (Å²) in [5.74, 6) is -0.154. The van der Waals surface area contributed by atoms with Gasteiger partial charge in [-0.15, -0.1) is 0 Å². The van der Waals surface area contributed by atoms with Gasteiger partial charge in [-0.05, 0) is 31.0 Å². The Bertz CT molecular complexity index is 491. The summed E-state index contributed by atoms with van der Waals surface area (Å²) in [7, 11) is 6.83. The van der Waals surface area contributed by atoms with E-state index in [0.717, 1.165) is 11.1 Å². The van der Waals surface area contributed by atoms with Gasteiger partial charge in [0.25, 0.3) is 11.8 Å². The van der Waals surface area contributed by atoms with Crippen LogP contribution in [0.3, 0.4) is 0 Å². The molecule has 0 atom stereocenters. The van der Waals surface area contributed by atoms with Crippen molar-refractivity contribution in [3.8, 4) is 0 Å². The number of nitrogens with zero attached hydrogens (tertiary/aromatic N) is 2. The van der Waals surface area contributed by atoms with Crippen LogP contribution in [0.1, 0.15) is 31.8 Å². The molecule has 0 N–H and O–H groups in total. The van der Waals surface area contributed by atoms with Crippen LogP contribution < -0.4 is 0 Å². The minimum atomic E-state index is -0.0830. The Morgan fingerprint density at radius 2 is 1.39 bits per heavy atom. The van der Waals surface area contributed by atoms with Crippen molar-refractivity contribution in [2.24, 2.45) is 0 Å². The molecule has 2 amide bonds. The van der Waals surface area contributed by atoms with E-state index in [9.17, 15) is 9.59 Å². The van der Waals surface area contributed by atoms with Crippen LogP contribution in [0.15, 0.2) is 12.1 Å². The first-order valence-electron chi connectivity index (χ1n) is 5.80. The largest absolute Gasteiger partial charge is 0.345 e. The molecule has 0 spiro atoms. The molecule has 0 bridgehead atoms. The van der Waals surface area contributed by atoms with Crippen molar-refractivity contribution < 1.29 is 9.59 Å². The zero-order valence-corrected chi connectivity index (χ0v) is 11.9. The molecule has 4 nitrogen and oxygen atoms in total. The molecule has 0 radical (unpaired) electrons. The standard InChI is InChI=1S/C14H20N2O2/c1-9-7-8-11(13(17)15(3)4)10(2)12(9)14(18)16(5)6/h7-8H,1-6H3. The fraction of sp³-hybridized carbons (Fsp3) is 0.429. The van der Waals surface area contributed by atoms with E-state index in [2.05, 4.69) is 0 Å². The number of rotatable bonds is 2. The van der Waals surface area contributed by atoms with Crippen LogP contribution in [-0.4, -0.2) is 49.8 Å². The average Bonchev–Trinajstić information content (AvgIpc) is 2.27. The van der Waals surface area contributed by atoms with E-state index in [1.54, 1.807) is 34.3 Å². The highest BCUT2D eigenvalue weighted by molar-refractivity contribution is 6.02. The molecule has 0 heterocycles. The maximum Gasteiger partial charge on any atom is 0.253 e. The Balaban J connectivity index is 3.41. The first-order chi connectivity index (χ1) is 8.27. The van der Waals surface area contributed by atoms with Crippen LogP contribution >= 0.6 is 0 Å². The molecule has 0 saturated heterocycles. The molecule has 0 aliphatic carbocycles. The summed E-state index contributed by atoms with van der Waals surface area (Å²) >= 11 is 0. The molecule has 0 saturated carbocycles. The van der Waals surface area contributed by atoms with E-state index in [0.29, 0.717) is 11.1 Å². The van der Waals surface area contributed by atoms with Gasteiger partial charge >= 0.3 is 0 Å². The quantitative estimate of drug-likeness (QED) is 0.799. The summed E-state index contributed by atoms with van der Waals surface area (Å²) in [6.45, 7) is 3.70. The number of benzene rings is 1. The smallest absolute Gasteiger partial charge is 0.253 e. The topological polar surface area (TPSA) is 40.6 Å². The van der Waals surface area contributed by atoms with Gasteiger partial charge in [0.15, 0.2) is 0 Å². The maximum atomic E-state index is 12.1. The number of carbonyl (C=O) groups excluding carboxylic acids is 2. The number of carbonyl (C=O) groups is 2. The van der Waals surface area contributed by atoms with Gasteiger partial charge in [0, 0.05) is 39.3 Å². The molecular formula is C14H20N2O2. The second-order valence-electron chi connectivity index (χ2n) is 4.83. The van der Waals surface area contributed by atoms with Gasteiger partial charge in [-0.1, -0.05) is 6.07 Å². The molecule has 1 rings (SSSR count). The molecule has 4 heteroatoms. The molecule has 0 aliphatic heterocycles. The lowest BCUT2D eigenvalue weighted by Crippen LogP contribution is -2.27. The van der Waals surface area contributed by atoms with E-state index < -0.39 is 0 Å². The molecule has 18 heavy (non-hydrogen) atoms. The molecule has 98 valence electrons. The maximum absolute atomic E-state index is 12.1.